The average Bonchev–Trinajstić information content (AvgIpc) is 2.45. The summed E-state index contributed by atoms with van der Waals surface area (Å²) in [6, 6.07) is 11.6. The quantitative estimate of drug-likeness (QED) is 0.917. The van der Waals surface area contributed by atoms with E-state index < -0.39 is 11.7 Å². The Morgan fingerprint density at radius 2 is 1.73 bits per heavy atom. The van der Waals surface area contributed by atoms with Crippen molar-refractivity contribution in [3.05, 3.63) is 59.7 Å². The largest absolute Gasteiger partial charge is 0.487 e. The summed E-state index contributed by atoms with van der Waals surface area (Å²) in [5, 5.41) is 2.63. The van der Waals surface area contributed by atoms with Crippen LogP contribution in [0.15, 0.2) is 48.5 Å². The summed E-state index contributed by atoms with van der Waals surface area (Å²) >= 11 is 0. The minimum Gasteiger partial charge on any atom is -0.487 e. The first-order chi connectivity index (χ1) is 10.4. The number of hydrogen-bond acceptors (Lipinski definition) is 2. The van der Waals surface area contributed by atoms with Crippen LogP contribution >= 0.6 is 0 Å². The van der Waals surface area contributed by atoms with Crippen LogP contribution in [-0.2, 0) is 17.6 Å². The van der Waals surface area contributed by atoms with Crippen LogP contribution in [0.3, 0.4) is 0 Å². The molecule has 0 aliphatic carbocycles. The number of carbonyl (C=O) groups excluding carboxylic acids is 1. The summed E-state index contributed by atoms with van der Waals surface area (Å²) in [7, 11) is 0. The van der Waals surface area contributed by atoms with Gasteiger partial charge in [0.2, 0.25) is 5.91 Å². The Morgan fingerprint density at radius 3 is 2.32 bits per heavy atom. The predicted molar refractivity (Wildman–Crippen MR) is 76.5 cm³/mol. The number of ether oxygens (including phenoxy) is 1. The van der Waals surface area contributed by atoms with Gasteiger partial charge in [0.25, 0.3) is 0 Å². The van der Waals surface area contributed by atoms with Gasteiger partial charge in [0, 0.05) is 6.92 Å². The molecule has 0 saturated heterocycles. The third-order valence-electron chi connectivity index (χ3n) is 2.87. The van der Waals surface area contributed by atoms with Crippen molar-refractivity contribution < 1.29 is 22.7 Å². The first-order valence-corrected chi connectivity index (χ1v) is 6.52. The topological polar surface area (TPSA) is 38.3 Å². The highest BCUT2D eigenvalue weighted by atomic mass is 19.4. The lowest BCUT2D eigenvalue weighted by molar-refractivity contribution is -0.137. The molecule has 0 radical (unpaired) electrons. The molecule has 0 aromatic heterocycles. The predicted octanol–water partition coefficient (Wildman–Crippen LogP) is 4.24. The van der Waals surface area contributed by atoms with Gasteiger partial charge in [0.05, 0.1) is 11.3 Å². The zero-order valence-electron chi connectivity index (χ0n) is 11.8. The molecule has 0 fully saturated rings. The number of amides is 1. The van der Waals surface area contributed by atoms with Gasteiger partial charge in [-0.3, -0.25) is 4.79 Å². The van der Waals surface area contributed by atoms with Crippen molar-refractivity contribution in [1.82, 2.24) is 0 Å². The number of rotatable bonds is 4. The lowest BCUT2D eigenvalue weighted by Crippen LogP contribution is -2.08. The van der Waals surface area contributed by atoms with E-state index in [1.807, 2.05) is 0 Å². The van der Waals surface area contributed by atoms with E-state index in [0.717, 1.165) is 12.1 Å². The monoisotopic (exact) mass is 309 g/mol. The molecule has 1 amide bonds. The third kappa shape index (κ3) is 4.25. The van der Waals surface area contributed by atoms with E-state index in [9.17, 15) is 18.0 Å². The Kier molecular flexibility index (Phi) is 4.70. The van der Waals surface area contributed by atoms with Crippen LogP contribution in [0.1, 0.15) is 18.1 Å². The second-order valence-electron chi connectivity index (χ2n) is 4.66. The zero-order valence-corrected chi connectivity index (χ0v) is 11.8. The van der Waals surface area contributed by atoms with Crippen LogP contribution in [0.2, 0.25) is 0 Å². The highest BCUT2D eigenvalue weighted by molar-refractivity contribution is 5.90. The maximum atomic E-state index is 12.5. The fourth-order valence-corrected chi connectivity index (χ4v) is 1.84. The SMILES string of the molecule is CC(=O)Nc1ccccc1OCc1ccc(C(F)(F)F)cc1. The Balaban J connectivity index is 2.06. The van der Waals surface area contributed by atoms with Gasteiger partial charge in [-0.1, -0.05) is 24.3 Å². The van der Waals surface area contributed by atoms with Gasteiger partial charge in [-0.25, -0.2) is 0 Å². The number of benzene rings is 2. The number of halogens is 3. The highest BCUT2D eigenvalue weighted by Crippen LogP contribution is 2.29. The van der Waals surface area contributed by atoms with E-state index in [4.69, 9.17) is 4.74 Å². The molecule has 0 bridgehead atoms. The van der Waals surface area contributed by atoms with E-state index in [2.05, 4.69) is 5.32 Å². The van der Waals surface area contributed by atoms with E-state index in [-0.39, 0.29) is 12.5 Å². The molecular formula is C16H14F3NO2. The molecule has 3 nitrogen and oxygen atoms in total. The van der Waals surface area contributed by atoms with Crippen LogP contribution in [-0.4, -0.2) is 5.91 Å². The smallest absolute Gasteiger partial charge is 0.416 e. The molecule has 2 aromatic rings. The summed E-state index contributed by atoms with van der Waals surface area (Å²) in [5.41, 5.74) is 0.419. The molecule has 2 rings (SSSR count). The van der Waals surface area contributed by atoms with Gasteiger partial charge < -0.3 is 10.1 Å². The van der Waals surface area contributed by atoms with Crippen LogP contribution in [0.5, 0.6) is 5.75 Å². The maximum Gasteiger partial charge on any atom is 0.416 e. The van der Waals surface area contributed by atoms with Crippen molar-refractivity contribution in [2.45, 2.75) is 19.7 Å². The highest BCUT2D eigenvalue weighted by Gasteiger charge is 2.29. The Labute approximate surface area is 125 Å². The van der Waals surface area contributed by atoms with E-state index in [1.165, 1.54) is 19.1 Å². The summed E-state index contributed by atoms with van der Waals surface area (Å²) in [5.74, 6) is 0.225. The van der Waals surface area contributed by atoms with E-state index in [0.29, 0.717) is 17.0 Å². The van der Waals surface area contributed by atoms with Crippen molar-refractivity contribution >= 4 is 11.6 Å². The number of para-hydroxylation sites is 2. The molecular weight excluding hydrogens is 295 g/mol. The fraction of sp³-hybridized carbons (Fsp3) is 0.188. The second-order valence-corrected chi connectivity index (χ2v) is 4.66. The first kappa shape index (κ1) is 15.9. The molecule has 6 heteroatoms. The van der Waals surface area contributed by atoms with Crippen LogP contribution in [0.25, 0.3) is 0 Å². The Morgan fingerprint density at radius 1 is 1.09 bits per heavy atom. The van der Waals surface area contributed by atoms with Crippen molar-refractivity contribution in [3.63, 3.8) is 0 Å². The Bertz CT molecular complexity index is 651. The second kappa shape index (κ2) is 6.51. The minimum atomic E-state index is -4.35. The van der Waals surface area contributed by atoms with Gasteiger partial charge in [-0.15, -0.1) is 0 Å². The molecule has 0 unspecified atom stereocenters. The molecule has 1 N–H and O–H groups in total. The summed E-state index contributed by atoms with van der Waals surface area (Å²) in [4.78, 5) is 11.1. The third-order valence-corrected chi connectivity index (χ3v) is 2.87. The molecule has 0 aliphatic rings. The van der Waals surface area contributed by atoms with Gasteiger partial charge in [0.15, 0.2) is 0 Å². The summed E-state index contributed by atoms with van der Waals surface area (Å²) < 4.78 is 43.0. The molecule has 0 atom stereocenters. The number of carbonyl (C=O) groups is 1. The maximum absolute atomic E-state index is 12.5. The summed E-state index contributed by atoms with van der Waals surface area (Å²) in [6.45, 7) is 1.49. The summed E-state index contributed by atoms with van der Waals surface area (Å²) in [6.07, 6.45) is -4.35. The van der Waals surface area contributed by atoms with E-state index in [1.54, 1.807) is 24.3 Å². The van der Waals surface area contributed by atoms with Crippen molar-refractivity contribution in [3.8, 4) is 5.75 Å². The average molecular weight is 309 g/mol. The Hall–Kier alpha value is -2.50. The van der Waals surface area contributed by atoms with E-state index >= 15 is 0 Å². The number of nitrogens with one attached hydrogen (secondary N) is 1. The minimum absolute atomic E-state index is 0.106. The molecule has 0 spiro atoms. The van der Waals surface area contributed by atoms with Crippen LogP contribution < -0.4 is 10.1 Å². The van der Waals surface area contributed by atoms with Crippen molar-refractivity contribution in [2.24, 2.45) is 0 Å². The number of anilines is 1. The van der Waals surface area contributed by atoms with Gasteiger partial charge >= 0.3 is 6.18 Å². The lowest BCUT2D eigenvalue weighted by Gasteiger charge is -2.12. The number of alkyl halides is 3. The number of hydrogen-bond donors (Lipinski definition) is 1. The van der Waals surface area contributed by atoms with Gasteiger partial charge in [-0.2, -0.15) is 13.2 Å². The lowest BCUT2D eigenvalue weighted by atomic mass is 10.1. The molecule has 2 aromatic carbocycles. The van der Waals surface area contributed by atoms with Crippen LogP contribution in [0, 0.1) is 0 Å². The normalized spacial score (nSPS) is 11.1. The van der Waals surface area contributed by atoms with Gasteiger partial charge in [-0.05, 0) is 29.8 Å². The molecule has 0 aliphatic heterocycles. The molecule has 22 heavy (non-hydrogen) atoms. The fourth-order valence-electron chi connectivity index (χ4n) is 1.84. The van der Waals surface area contributed by atoms with Crippen molar-refractivity contribution in [2.75, 3.05) is 5.32 Å². The molecule has 0 saturated carbocycles. The van der Waals surface area contributed by atoms with Crippen molar-refractivity contribution in [1.29, 1.82) is 0 Å². The molecule has 0 heterocycles. The van der Waals surface area contributed by atoms with Gasteiger partial charge in [0.1, 0.15) is 12.4 Å². The van der Waals surface area contributed by atoms with Crippen LogP contribution in [0.4, 0.5) is 18.9 Å². The zero-order chi connectivity index (χ0) is 16.2. The first-order valence-electron chi connectivity index (χ1n) is 6.52. The molecule has 116 valence electrons. The standard InChI is InChI=1S/C16H14F3NO2/c1-11(21)20-14-4-2-3-5-15(14)22-10-12-6-8-13(9-7-12)16(17,18)19/h2-9H,10H2,1H3,(H,20,21).